The fourth-order valence-corrected chi connectivity index (χ4v) is 4.70. The molecule has 0 aromatic heterocycles. The van der Waals surface area contributed by atoms with E-state index in [2.05, 4.69) is 21.2 Å². The van der Waals surface area contributed by atoms with E-state index in [0.29, 0.717) is 28.8 Å². The molecule has 162 valence electrons. The average molecular weight is 524 g/mol. The van der Waals surface area contributed by atoms with Crippen LogP contribution in [-0.2, 0) is 14.8 Å². The maximum atomic E-state index is 13.4. The Hall–Kier alpha value is -2.55. The normalized spacial score (nSPS) is 11.1. The maximum Gasteiger partial charge on any atom is 0.264 e. The molecule has 3 aromatic carbocycles. The van der Waals surface area contributed by atoms with Crippen molar-refractivity contribution in [3.8, 4) is 5.75 Å². The van der Waals surface area contributed by atoms with Crippen LogP contribution in [0.1, 0.15) is 6.92 Å². The smallest absolute Gasteiger partial charge is 0.264 e. The molecule has 6 nitrogen and oxygen atoms in total. The molecule has 9 heteroatoms. The second-order valence-corrected chi connectivity index (χ2v) is 9.67. The summed E-state index contributed by atoms with van der Waals surface area (Å²) in [7, 11) is -4.01. The van der Waals surface area contributed by atoms with Crippen molar-refractivity contribution in [2.24, 2.45) is 0 Å². The summed E-state index contributed by atoms with van der Waals surface area (Å²) < 4.78 is 34.0. The number of amides is 1. The molecule has 3 aromatic rings. The van der Waals surface area contributed by atoms with Crippen LogP contribution in [0.5, 0.6) is 5.75 Å². The number of nitrogens with one attached hydrogen (secondary N) is 1. The highest BCUT2D eigenvalue weighted by atomic mass is 79.9. The number of nitrogens with zero attached hydrogens (tertiary/aromatic N) is 1. The van der Waals surface area contributed by atoms with E-state index in [1.54, 1.807) is 60.7 Å². The molecule has 0 bridgehead atoms. The molecular weight excluding hydrogens is 504 g/mol. The first kappa shape index (κ1) is 23.1. The minimum Gasteiger partial charge on any atom is -0.494 e. The molecule has 0 unspecified atom stereocenters. The molecule has 1 amide bonds. The molecule has 0 aliphatic rings. The third kappa shape index (κ3) is 6.00. The van der Waals surface area contributed by atoms with Gasteiger partial charge in [-0.2, -0.15) is 0 Å². The van der Waals surface area contributed by atoms with Gasteiger partial charge >= 0.3 is 0 Å². The van der Waals surface area contributed by atoms with Crippen molar-refractivity contribution in [3.05, 3.63) is 82.3 Å². The van der Waals surface area contributed by atoms with E-state index in [0.717, 1.165) is 8.78 Å². The van der Waals surface area contributed by atoms with Crippen LogP contribution >= 0.6 is 27.5 Å². The van der Waals surface area contributed by atoms with Crippen molar-refractivity contribution in [1.29, 1.82) is 0 Å². The minimum atomic E-state index is -4.01. The first-order chi connectivity index (χ1) is 14.8. The van der Waals surface area contributed by atoms with Crippen molar-refractivity contribution >= 4 is 54.8 Å². The zero-order valence-corrected chi connectivity index (χ0v) is 19.7. The number of rotatable bonds is 8. The summed E-state index contributed by atoms with van der Waals surface area (Å²) >= 11 is 9.27. The van der Waals surface area contributed by atoms with Crippen LogP contribution < -0.4 is 14.4 Å². The van der Waals surface area contributed by atoms with Gasteiger partial charge in [-0.05, 0) is 73.7 Å². The van der Waals surface area contributed by atoms with Gasteiger partial charge in [-0.1, -0.05) is 33.6 Å². The predicted octanol–water partition coefficient (Wildman–Crippen LogP) is 5.34. The van der Waals surface area contributed by atoms with Gasteiger partial charge in [0, 0.05) is 15.2 Å². The zero-order valence-electron chi connectivity index (χ0n) is 16.6. The predicted molar refractivity (Wildman–Crippen MR) is 126 cm³/mol. The standard InChI is InChI=1S/C22H20BrClN2O4S/c1-2-30-20-10-8-19(9-11-20)26(31(28,29)21-12-6-16(23)7-13-21)15-22(27)25-18-5-3-4-17(24)14-18/h3-14H,2,15H2,1H3,(H,25,27). The lowest BCUT2D eigenvalue weighted by Gasteiger charge is -2.24. The van der Waals surface area contributed by atoms with E-state index in [4.69, 9.17) is 16.3 Å². The number of anilines is 2. The fraction of sp³-hybridized carbons (Fsp3) is 0.136. The van der Waals surface area contributed by atoms with Crippen molar-refractivity contribution in [2.45, 2.75) is 11.8 Å². The van der Waals surface area contributed by atoms with Gasteiger partial charge in [-0.3, -0.25) is 9.10 Å². The molecule has 0 fully saturated rings. The monoisotopic (exact) mass is 522 g/mol. The number of halogens is 2. The molecule has 1 N–H and O–H groups in total. The molecule has 0 spiro atoms. The molecule has 0 aliphatic carbocycles. The Balaban J connectivity index is 1.93. The van der Waals surface area contributed by atoms with E-state index in [1.165, 1.54) is 12.1 Å². The van der Waals surface area contributed by atoms with Crippen molar-refractivity contribution in [1.82, 2.24) is 0 Å². The largest absolute Gasteiger partial charge is 0.494 e. The Kier molecular flexibility index (Phi) is 7.59. The highest BCUT2D eigenvalue weighted by molar-refractivity contribution is 9.10. The van der Waals surface area contributed by atoms with Crippen molar-refractivity contribution in [2.75, 3.05) is 22.8 Å². The van der Waals surface area contributed by atoms with Crippen LogP contribution in [0.2, 0.25) is 5.02 Å². The second kappa shape index (κ2) is 10.2. The second-order valence-electron chi connectivity index (χ2n) is 6.45. The molecule has 0 saturated carbocycles. The van der Waals surface area contributed by atoms with E-state index >= 15 is 0 Å². The number of carbonyl (C=O) groups is 1. The number of hydrogen-bond donors (Lipinski definition) is 1. The van der Waals surface area contributed by atoms with Crippen LogP contribution in [0.4, 0.5) is 11.4 Å². The molecular formula is C22H20BrClN2O4S. The lowest BCUT2D eigenvalue weighted by molar-refractivity contribution is -0.114. The number of ether oxygens (including phenoxy) is 1. The lowest BCUT2D eigenvalue weighted by Crippen LogP contribution is -2.38. The first-order valence-corrected chi connectivity index (χ1v) is 12.0. The Morgan fingerprint density at radius 3 is 2.35 bits per heavy atom. The van der Waals surface area contributed by atoms with Gasteiger partial charge < -0.3 is 10.1 Å². The van der Waals surface area contributed by atoms with Gasteiger partial charge in [0.1, 0.15) is 12.3 Å². The molecule has 3 rings (SSSR count). The zero-order chi connectivity index (χ0) is 22.4. The molecule has 0 aliphatic heterocycles. The third-order valence-electron chi connectivity index (χ3n) is 4.23. The fourth-order valence-electron chi connectivity index (χ4n) is 2.82. The summed E-state index contributed by atoms with van der Waals surface area (Å²) in [5, 5.41) is 3.15. The van der Waals surface area contributed by atoms with E-state index in [-0.39, 0.29) is 4.90 Å². The Labute approximate surface area is 195 Å². The van der Waals surface area contributed by atoms with Gasteiger partial charge in [0.2, 0.25) is 5.91 Å². The van der Waals surface area contributed by atoms with Crippen LogP contribution in [0.25, 0.3) is 0 Å². The van der Waals surface area contributed by atoms with Crippen molar-refractivity contribution < 1.29 is 17.9 Å². The van der Waals surface area contributed by atoms with Crippen LogP contribution in [0.3, 0.4) is 0 Å². The van der Waals surface area contributed by atoms with Crippen LogP contribution in [0.15, 0.2) is 82.2 Å². The summed E-state index contributed by atoms with van der Waals surface area (Å²) in [6.45, 7) is 1.93. The van der Waals surface area contributed by atoms with E-state index in [9.17, 15) is 13.2 Å². The summed E-state index contributed by atoms with van der Waals surface area (Å²) in [4.78, 5) is 12.8. The van der Waals surface area contributed by atoms with E-state index in [1.807, 2.05) is 6.92 Å². The van der Waals surface area contributed by atoms with Crippen LogP contribution in [0, 0.1) is 0 Å². The van der Waals surface area contributed by atoms with Gasteiger partial charge in [0.25, 0.3) is 10.0 Å². The lowest BCUT2D eigenvalue weighted by atomic mass is 10.3. The van der Waals surface area contributed by atoms with Gasteiger partial charge in [-0.25, -0.2) is 8.42 Å². The topological polar surface area (TPSA) is 75.7 Å². The third-order valence-corrected chi connectivity index (χ3v) is 6.78. The SMILES string of the molecule is CCOc1ccc(N(CC(=O)Nc2cccc(Cl)c2)S(=O)(=O)c2ccc(Br)cc2)cc1. The Morgan fingerprint density at radius 2 is 1.74 bits per heavy atom. The minimum absolute atomic E-state index is 0.0696. The number of benzene rings is 3. The van der Waals surface area contributed by atoms with Gasteiger partial charge in [0.15, 0.2) is 0 Å². The highest BCUT2D eigenvalue weighted by Gasteiger charge is 2.27. The highest BCUT2D eigenvalue weighted by Crippen LogP contribution is 2.27. The average Bonchev–Trinajstić information content (AvgIpc) is 2.73. The molecule has 0 radical (unpaired) electrons. The molecule has 31 heavy (non-hydrogen) atoms. The summed E-state index contributed by atoms with van der Waals surface area (Å²) in [6.07, 6.45) is 0. The molecule has 0 atom stereocenters. The maximum absolute atomic E-state index is 13.4. The quantitative estimate of drug-likeness (QED) is 0.433. The van der Waals surface area contributed by atoms with E-state index < -0.39 is 22.5 Å². The number of sulfonamides is 1. The van der Waals surface area contributed by atoms with Gasteiger partial charge in [-0.15, -0.1) is 0 Å². The summed E-state index contributed by atoms with van der Waals surface area (Å²) in [6, 6.07) is 19.4. The summed E-state index contributed by atoms with van der Waals surface area (Å²) in [5.41, 5.74) is 0.817. The Bertz CT molecular complexity index is 1150. The first-order valence-electron chi connectivity index (χ1n) is 9.36. The molecule has 0 saturated heterocycles. The molecule has 0 heterocycles. The Morgan fingerprint density at radius 1 is 1.06 bits per heavy atom. The number of hydrogen-bond acceptors (Lipinski definition) is 4. The van der Waals surface area contributed by atoms with Crippen LogP contribution in [-0.4, -0.2) is 27.5 Å². The van der Waals surface area contributed by atoms with Crippen molar-refractivity contribution in [3.63, 3.8) is 0 Å². The summed E-state index contributed by atoms with van der Waals surface area (Å²) in [5.74, 6) is 0.104. The van der Waals surface area contributed by atoms with Gasteiger partial charge in [0.05, 0.1) is 17.2 Å². The number of carbonyl (C=O) groups excluding carboxylic acids is 1.